The number of rotatable bonds is 10. The largest absolute Gasteiger partial charge is 0.416 e. The maximum Gasteiger partial charge on any atom is 0.192 e. The Morgan fingerprint density at radius 3 is 1.42 bits per heavy atom. The van der Waals surface area contributed by atoms with Gasteiger partial charge in [-0.15, -0.1) is 13.2 Å². The second kappa shape index (κ2) is 8.86. The highest BCUT2D eigenvalue weighted by molar-refractivity contribution is 6.74. The van der Waals surface area contributed by atoms with E-state index in [-0.39, 0.29) is 10.1 Å². The van der Waals surface area contributed by atoms with Crippen LogP contribution in [0.2, 0.25) is 36.3 Å². The van der Waals surface area contributed by atoms with Crippen LogP contribution in [0.15, 0.2) is 25.3 Å². The van der Waals surface area contributed by atoms with Crippen LogP contribution in [0.5, 0.6) is 0 Å². The molecule has 1 atom stereocenters. The van der Waals surface area contributed by atoms with Gasteiger partial charge < -0.3 is 14.0 Å². The lowest BCUT2D eigenvalue weighted by Gasteiger charge is -2.43. The van der Waals surface area contributed by atoms with Crippen molar-refractivity contribution in [3.63, 3.8) is 0 Å². The molecule has 5 heteroatoms. The van der Waals surface area contributed by atoms with E-state index in [4.69, 9.17) is 8.85 Å². The van der Waals surface area contributed by atoms with Crippen LogP contribution in [-0.2, 0) is 8.85 Å². The zero-order chi connectivity index (χ0) is 21.0. The molecule has 0 aromatic rings. The van der Waals surface area contributed by atoms with Crippen LogP contribution < -0.4 is 0 Å². The monoisotopic (exact) mass is 400 g/mol. The van der Waals surface area contributed by atoms with Gasteiger partial charge in [-0.2, -0.15) is 0 Å². The third-order valence-electron chi connectivity index (χ3n) is 6.37. The van der Waals surface area contributed by atoms with E-state index in [1.165, 1.54) is 0 Å². The minimum absolute atomic E-state index is 0.136. The van der Waals surface area contributed by atoms with Gasteiger partial charge in [0, 0.05) is 18.6 Å². The standard InChI is InChI=1S/C21H44O3Si2/c1-13-18(22)15-21(14-2,16-23-25(9,10)19(3,4)5)17-24-26(11,12)20(6,7)8/h13-14,18,22H,1-2,15-17H2,3-12H3. The first-order valence-electron chi connectivity index (χ1n) is 9.65. The summed E-state index contributed by atoms with van der Waals surface area (Å²) in [5.41, 5.74) is -0.418. The Kier molecular flexibility index (Phi) is 8.79. The van der Waals surface area contributed by atoms with Crippen LogP contribution in [0.1, 0.15) is 48.0 Å². The minimum atomic E-state index is -1.90. The van der Waals surface area contributed by atoms with Gasteiger partial charge in [-0.1, -0.05) is 53.7 Å². The number of aliphatic hydroxyl groups is 1. The molecule has 1 unspecified atom stereocenters. The Bertz CT molecular complexity index is 441. The summed E-state index contributed by atoms with van der Waals surface area (Å²) in [6, 6.07) is 0. The van der Waals surface area contributed by atoms with Gasteiger partial charge >= 0.3 is 0 Å². The smallest absolute Gasteiger partial charge is 0.192 e. The highest BCUT2D eigenvalue weighted by Crippen LogP contribution is 2.41. The molecule has 0 saturated carbocycles. The van der Waals surface area contributed by atoms with Gasteiger partial charge in [-0.05, 0) is 42.7 Å². The highest BCUT2D eigenvalue weighted by atomic mass is 28.4. The quantitative estimate of drug-likeness (QED) is 0.353. The Morgan fingerprint density at radius 2 is 1.19 bits per heavy atom. The van der Waals surface area contributed by atoms with E-state index in [0.29, 0.717) is 19.6 Å². The van der Waals surface area contributed by atoms with E-state index >= 15 is 0 Å². The van der Waals surface area contributed by atoms with E-state index in [0.717, 1.165) is 0 Å². The molecule has 154 valence electrons. The third-order valence-corrected chi connectivity index (χ3v) is 15.3. The Hall–Kier alpha value is -0.206. The molecule has 0 spiro atoms. The highest BCUT2D eigenvalue weighted by Gasteiger charge is 2.43. The molecule has 0 heterocycles. The van der Waals surface area contributed by atoms with E-state index in [1.54, 1.807) is 6.08 Å². The number of aliphatic hydroxyl groups excluding tert-OH is 1. The van der Waals surface area contributed by atoms with E-state index in [1.807, 2.05) is 6.08 Å². The molecule has 1 N–H and O–H groups in total. The van der Waals surface area contributed by atoms with Crippen LogP contribution >= 0.6 is 0 Å². The lowest BCUT2D eigenvalue weighted by atomic mass is 9.84. The predicted molar refractivity (Wildman–Crippen MR) is 120 cm³/mol. The van der Waals surface area contributed by atoms with Gasteiger partial charge in [-0.3, -0.25) is 0 Å². The van der Waals surface area contributed by atoms with E-state index < -0.39 is 28.2 Å². The van der Waals surface area contributed by atoms with Gasteiger partial charge in [0.25, 0.3) is 0 Å². The summed E-state index contributed by atoms with van der Waals surface area (Å²) >= 11 is 0. The van der Waals surface area contributed by atoms with Crippen molar-refractivity contribution >= 4 is 16.6 Å². The number of hydrogen-bond acceptors (Lipinski definition) is 3. The number of hydrogen-bond donors (Lipinski definition) is 1. The second-order valence-electron chi connectivity index (χ2n) is 10.7. The molecule has 0 aromatic heterocycles. The maximum absolute atomic E-state index is 10.2. The summed E-state index contributed by atoms with van der Waals surface area (Å²) < 4.78 is 13.0. The molecule has 3 nitrogen and oxygen atoms in total. The van der Waals surface area contributed by atoms with E-state index in [9.17, 15) is 5.11 Å². The zero-order valence-electron chi connectivity index (χ0n) is 19.0. The lowest BCUT2D eigenvalue weighted by molar-refractivity contribution is 0.0608. The van der Waals surface area contributed by atoms with Crippen molar-refractivity contribution in [3.8, 4) is 0 Å². The molecule has 0 aromatic carbocycles. The SMILES string of the molecule is C=CC(O)CC(C=C)(CO[Si](C)(C)C(C)(C)C)CO[Si](C)(C)C(C)(C)C. The van der Waals surface area contributed by atoms with Crippen LogP contribution in [0.4, 0.5) is 0 Å². The average Bonchev–Trinajstić information content (AvgIpc) is 2.47. The van der Waals surface area contributed by atoms with Crippen LogP contribution in [0, 0.1) is 5.41 Å². The van der Waals surface area contributed by atoms with Gasteiger partial charge in [0.15, 0.2) is 16.6 Å². The van der Waals surface area contributed by atoms with Crippen molar-refractivity contribution < 1.29 is 14.0 Å². The van der Waals surface area contributed by atoms with Crippen molar-refractivity contribution in [3.05, 3.63) is 25.3 Å². The van der Waals surface area contributed by atoms with Crippen molar-refractivity contribution in [2.45, 2.75) is 90.3 Å². The molecule has 26 heavy (non-hydrogen) atoms. The molecule has 0 aliphatic carbocycles. The lowest BCUT2D eigenvalue weighted by Crippen LogP contribution is -2.48. The van der Waals surface area contributed by atoms with Crippen molar-refractivity contribution in [2.75, 3.05) is 13.2 Å². The second-order valence-corrected chi connectivity index (χ2v) is 20.3. The first kappa shape index (κ1) is 25.8. The molecule has 0 radical (unpaired) electrons. The molecule has 0 saturated heterocycles. The Morgan fingerprint density at radius 1 is 0.846 bits per heavy atom. The minimum Gasteiger partial charge on any atom is -0.416 e. The normalized spacial score (nSPS) is 15.7. The summed E-state index contributed by atoms with van der Waals surface area (Å²) in [6.07, 6.45) is 3.42. The first-order valence-corrected chi connectivity index (χ1v) is 15.5. The Balaban J connectivity index is 5.50. The molecule has 0 amide bonds. The third kappa shape index (κ3) is 7.08. The summed E-state index contributed by atoms with van der Waals surface area (Å²) in [4.78, 5) is 0. The fourth-order valence-electron chi connectivity index (χ4n) is 1.94. The summed E-state index contributed by atoms with van der Waals surface area (Å²) in [7, 11) is -3.81. The Labute approximate surface area is 165 Å². The van der Waals surface area contributed by atoms with Crippen LogP contribution in [0.3, 0.4) is 0 Å². The summed E-state index contributed by atoms with van der Waals surface area (Å²) in [5, 5.41) is 10.5. The molecular formula is C21H44O3Si2. The zero-order valence-corrected chi connectivity index (χ0v) is 21.0. The van der Waals surface area contributed by atoms with Gasteiger partial charge in [0.1, 0.15) is 0 Å². The fraction of sp³-hybridized carbons (Fsp3) is 0.810. The van der Waals surface area contributed by atoms with Crippen LogP contribution in [0.25, 0.3) is 0 Å². The van der Waals surface area contributed by atoms with Crippen LogP contribution in [-0.4, -0.2) is 41.1 Å². The van der Waals surface area contributed by atoms with E-state index in [2.05, 4.69) is 80.9 Å². The maximum atomic E-state index is 10.2. The first-order chi connectivity index (χ1) is 11.4. The fourth-order valence-corrected chi connectivity index (χ4v) is 4.10. The molecule has 0 fully saturated rings. The van der Waals surface area contributed by atoms with Crippen molar-refractivity contribution in [1.82, 2.24) is 0 Å². The van der Waals surface area contributed by atoms with Gasteiger partial charge in [-0.25, -0.2) is 0 Å². The molecular weight excluding hydrogens is 356 g/mol. The predicted octanol–water partition coefficient (Wildman–Crippen LogP) is 6.14. The van der Waals surface area contributed by atoms with Gasteiger partial charge in [0.05, 0.1) is 6.10 Å². The summed E-state index contributed by atoms with van der Waals surface area (Å²) in [5.74, 6) is 0. The summed E-state index contributed by atoms with van der Waals surface area (Å²) in [6.45, 7) is 31.3. The van der Waals surface area contributed by atoms with Crippen molar-refractivity contribution in [2.24, 2.45) is 5.41 Å². The topological polar surface area (TPSA) is 38.7 Å². The average molecular weight is 401 g/mol. The molecule has 0 aliphatic heterocycles. The van der Waals surface area contributed by atoms with Gasteiger partial charge in [0.2, 0.25) is 0 Å². The van der Waals surface area contributed by atoms with Crippen molar-refractivity contribution in [1.29, 1.82) is 0 Å². The molecule has 0 aliphatic rings. The molecule has 0 bridgehead atoms. The molecule has 0 rings (SSSR count).